The first kappa shape index (κ1) is 11.6. The van der Waals surface area contributed by atoms with Crippen LogP contribution in [0, 0.1) is 11.8 Å². The van der Waals surface area contributed by atoms with Crippen molar-refractivity contribution >= 4 is 0 Å². The van der Waals surface area contributed by atoms with Crippen LogP contribution >= 0.6 is 0 Å². The van der Waals surface area contributed by atoms with Crippen molar-refractivity contribution < 1.29 is 9.84 Å². The summed E-state index contributed by atoms with van der Waals surface area (Å²) < 4.78 is 5.29. The van der Waals surface area contributed by atoms with Crippen molar-refractivity contribution in [2.24, 2.45) is 0 Å². The Bertz CT molecular complexity index is 234. The first-order chi connectivity index (χ1) is 6.58. The third-order valence-corrected chi connectivity index (χ3v) is 2.50. The average molecular weight is 196 g/mol. The first-order valence-electron chi connectivity index (χ1n) is 5.42. The standard InChI is InChI=1S/C12H20O2/c1-4-5-6-7-8-9-10(13)11-12(2,3)14-11/h10-11,13H,4-7H2,1-3H3/t10-,11-/m0/s1. The molecule has 80 valence electrons. The third kappa shape index (κ3) is 3.32. The second-order valence-electron chi connectivity index (χ2n) is 4.36. The predicted octanol–water partition coefficient (Wildman–Crippen LogP) is 2.11. The van der Waals surface area contributed by atoms with Gasteiger partial charge in [-0.15, -0.1) is 5.92 Å². The van der Waals surface area contributed by atoms with Crippen molar-refractivity contribution in [2.45, 2.75) is 64.3 Å². The van der Waals surface area contributed by atoms with Crippen molar-refractivity contribution in [3.05, 3.63) is 0 Å². The number of aliphatic hydroxyl groups excluding tert-OH is 1. The van der Waals surface area contributed by atoms with E-state index in [1.807, 2.05) is 13.8 Å². The monoisotopic (exact) mass is 196 g/mol. The molecule has 1 heterocycles. The molecule has 1 aliphatic heterocycles. The highest BCUT2D eigenvalue weighted by Gasteiger charge is 2.51. The molecule has 0 saturated carbocycles. The molecule has 1 aliphatic rings. The second kappa shape index (κ2) is 4.82. The summed E-state index contributed by atoms with van der Waals surface area (Å²) in [5.74, 6) is 5.84. The molecule has 0 unspecified atom stereocenters. The Morgan fingerprint density at radius 1 is 1.43 bits per heavy atom. The van der Waals surface area contributed by atoms with Crippen LogP contribution in [0.1, 0.15) is 46.5 Å². The average Bonchev–Trinajstić information content (AvgIpc) is 2.75. The number of hydrogen-bond acceptors (Lipinski definition) is 2. The maximum Gasteiger partial charge on any atom is 0.143 e. The molecule has 1 N–H and O–H groups in total. The molecular formula is C12H20O2. The van der Waals surface area contributed by atoms with Crippen LogP contribution in [-0.4, -0.2) is 22.9 Å². The Morgan fingerprint density at radius 3 is 2.57 bits per heavy atom. The Hall–Kier alpha value is -0.520. The van der Waals surface area contributed by atoms with Crippen LogP contribution in [0.4, 0.5) is 0 Å². The zero-order valence-corrected chi connectivity index (χ0v) is 9.34. The molecular weight excluding hydrogens is 176 g/mol. The third-order valence-electron chi connectivity index (χ3n) is 2.50. The summed E-state index contributed by atoms with van der Waals surface area (Å²) in [5, 5.41) is 9.58. The van der Waals surface area contributed by atoms with E-state index in [4.69, 9.17) is 4.74 Å². The van der Waals surface area contributed by atoms with Gasteiger partial charge in [0.25, 0.3) is 0 Å². The summed E-state index contributed by atoms with van der Waals surface area (Å²) in [6.07, 6.45) is 3.76. The summed E-state index contributed by atoms with van der Waals surface area (Å²) in [5.41, 5.74) is -0.169. The molecule has 1 saturated heterocycles. The van der Waals surface area contributed by atoms with Crippen LogP contribution in [0.15, 0.2) is 0 Å². The number of hydrogen-bond donors (Lipinski definition) is 1. The second-order valence-corrected chi connectivity index (χ2v) is 4.36. The van der Waals surface area contributed by atoms with Gasteiger partial charge in [0.1, 0.15) is 12.2 Å². The fourth-order valence-corrected chi connectivity index (χ4v) is 1.45. The Kier molecular flexibility index (Phi) is 3.97. The van der Waals surface area contributed by atoms with Gasteiger partial charge in [-0.25, -0.2) is 0 Å². The number of ether oxygens (including phenoxy) is 1. The molecule has 0 aliphatic carbocycles. The summed E-state index contributed by atoms with van der Waals surface area (Å²) in [6.45, 7) is 6.11. The van der Waals surface area contributed by atoms with Gasteiger partial charge in [-0.3, -0.25) is 0 Å². The van der Waals surface area contributed by atoms with Gasteiger partial charge < -0.3 is 9.84 Å². The van der Waals surface area contributed by atoms with Gasteiger partial charge >= 0.3 is 0 Å². The maximum absolute atomic E-state index is 9.58. The molecule has 2 heteroatoms. The van der Waals surface area contributed by atoms with Gasteiger partial charge in [0.05, 0.1) is 5.60 Å². The van der Waals surface area contributed by atoms with E-state index in [2.05, 4.69) is 18.8 Å². The highest BCUT2D eigenvalue weighted by molar-refractivity contribution is 5.14. The molecule has 14 heavy (non-hydrogen) atoms. The van der Waals surface area contributed by atoms with Crippen molar-refractivity contribution in [3.8, 4) is 11.8 Å². The van der Waals surface area contributed by atoms with Crippen LogP contribution in [0.2, 0.25) is 0 Å². The molecule has 1 rings (SSSR count). The number of aliphatic hydroxyl groups is 1. The van der Waals surface area contributed by atoms with E-state index in [0.717, 1.165) is 12.8 Å². The van der Waals surface area contributed by atoms with Crippen LogP contribution in [0.5, 0.6) is 0 Å². The highest BCUT2D eigenvalue weighted by Crippen LogP contribution is 2.37. The zero-order chi connectivity index (χ0) is 10.6. The normalized spacial score (nSPS) is 25.0. The fraction of sp³-hybridized carbons (Fsp3) is 0.833. The zero-order valence-electron chi connectivity index (χ0n) is 9.34. The van der Waals surface area contributed by atoms with Gasteiger partial charge in [0.2, 0.25) is 0 Å². The molecule has 1 fully saturated rings. The van der Waals surface area contributed by atoms with E-state index < -0.39 is 6.10 Å². The molecule has 0 radical (unpaired) electrons. The topological polar surface area (TPSA) is 32.8 Å². The quantitative estimate of drug-likeness (QED) is 0.424. The molecule has 0 aromatic carbocycles. The number of rotatable bonds is 4. The molecule has 0 amide bonds. The van der Waals surface area contributed by atoms with E-state index >= 15 is 0 Å². The lowest BCUT2D eigenvalue weighted by molar-refractivity contribution is 0.184. The minimum absolute atomic E-state index is 0.0822. The summed E-state index contributed by atoms with van der Waals surface area (Å²) in [7, 11) is 0. The van der Waals surface area contributed by atoms with E-state index in [1.54, 1.807) is 0 Å². The Morgan fingerprint density at radius 2 is 2.07 bits per heavy atom. The fourth-order valence-electron chi connectivity index (χ4n) is 1.45. The number of epoxide rings is 1. The lowest BCUT2D eigenvalue weighted by Gasteiger charge is -1.98. The molecule has 0 aromatic rings. The Labute approximate surface area is 86.7 Å². The Balaban J connectivity index is 2.17. The number of unbranched alkanes of at least 4 members (excludes halogenated alkanes) is 3. The van der Waals surface area contributed by atoms with Gasteiger partial charge in [-0.1, -0.05) is 25.7 Å². The van der Waals surface area contributed by atoms with Crippen LogP contribution < -0.4 is 0 Å². The van der Waals surface area contributed by atoms with Gasteiger partial charge in [-0.05, 0) is 20.3 Å². The first-order valence-corrected chi connectivity index (χ1v) is 5.42. The summed E-state index contributed by atoms with van der Waals surface area (Å²) in [6, 6.07) is 0. The van der Waals surface area contributed by atoms with Crippen LogP contribution in [0.3, 0.4) is 0 Å². The van der Waals surface area contributed by atoms with E-state index in [-0.39, 0.29) is 11.7 Å². The molecule has 0 bridgehead atoms. The SMILES string of the molecule is CCCCCC#C[C@H](O)[C@@H]1OC1(C)C. The smallest absolute Gasteiger partial charge is 0.143 e. The van der Waals surface area contributed by atoms with Crippen LogP contribution in [-0.2, 0) is 4.74 Å². The minimum Gasteiger partial charge on any atom is -0.378 e. The molecule has 0 spiro atoms. The van der Waals surface area contributed by atoms with Crippen molar-refractivity contribution in [2.75, 3.05) is 0 Å². The minimum atomic E-state index is -0.605. The van der Waals surface area contributed by atoms with Crippen molar-refractivity contribution in [1.82, 2.24) is 0 Å². The van der Waals surface area contributed by atoms with Gasteiger partial charge in [-0.2, -0.15) is 0 Å². The highest BCUT2D eigenvalue weighted by atomic mass is 16.6. The van der Waals surface area contributed by atoms with Gasteiger partial charge in [0.15, 0.2) is 0 Å². The lowest BCUT2D eigenvalue weighted by Crippen LogP contribution is -2.18. The van der Waals surface area contributed by atoms with E-state index in [0.29, 0.717) is 0 Å². The van der Waals surface area contributed by atoms with E-state index in [1.165, 1.54) is 12.8 Å². The lowest BCUT2D eigenvalue weighted by atomic mass is 10.1. The maximum atomic E-state index is 9.58. The molecule has 2 nitrogen and oxygen atoms in total. The summed E-state index contributed by atoms with van der Waals surface area (Å²) in [4.78, 5) is 0. The molecule has 2 atom stereocenters. The van der Waals surface area contributed by atoms with Crippen molar-refractivity contribution in [3.63, 3.8) is 0 Å². The molecule has 0 aromatic heterocycles. The van der Waals surface area contributed by atoms with Crippen molar-refractivity contribution in [1.29, 1.82) is 0 Å². The largest absolute Gasteiger partial charge is 0.378 e. The summed E-state index contributed by atoms with van der Waals surface area (Å²) >= 11 is 0. The van der Waals surface area contributed by atoms with Crippen LogP contribution in [0.25, 0.3) is 0 Å². The predicted molar refractivity (Wildman–Crippen MR) is 56.9 cm³/mol. The van der Waals surface area contributed by atoms with E-state index in [9.17, 15) is 5.11 Å². The van der Waals surface area contributed by atoms with Gasteiger partial charge in [0, 0.05) is 6.42 Å².